The van der Waals surface area contributed by atoms with E-state index in [0.717, 1.165) is 23.8 Å². The number of hydrogen-bond acceptors (Lipinski definition) is 1. The summed E-state index contributed by atoms with van der Waals surface area (Å²) in [4.78, 5) is 0. The Kier molecular flexibility index (Phi) is 6.55. The summed E-state index contributed by atoms with van der Waals surface area (Å²) in [5, 5.41) is 0. The molecule has 0 fully saturated rings. The molecule has 1 nitrogen and oxygen atoms in total. The smallest absolute Gasteiger partial charge is 0.404 e. The van der Waals surface area contributed by atoms with E-state index < -0.39 is 29.3 Å². The average Bonchev–Trinajstić information content (AvgIpc) is 2.68. The first kappa shape index (κ1) is 22.9. The minimum Gasteiger partial charge on any atom is -0.404 e. The molecule has 0 spiro atoms. The van der Waals surface area contributed by atoms with Crippen LogP contribution in [0.2, 0.25) is 0 Å². The molecule has 0 radical (unpaired) electrons. The van der Waals surface area contributed by atoms with Crippen molar-refractivity contribution in [2.45, 2.75) is 27.1 Å². The molecule has 3 aromatic carbocycles. The lowest BCUT2D eigenvalue weighted by atomic mass is 10.0. The summed E-state index contributed by atoms with van der Waals surface area (Å²) in [7, 11) is 0. The van der Waals surface area contributed by atoms with Crippen molar-refractivity contribution in [3.8, 4) is 29.4 Å². The molecule has 0 unspecified atom stereocenters. The van der Waals surface area contributed by atoms with Crippen molar-refractivity contribution in [2.75, 3.05) is 0 Å². The van der Waals surface area contributed by atoms with Crippen molar-refractivity contribution in [3.05, 3.63) is 99.1 Å². The molecule has 3 aromatic rings. The molecule has 0 saturated carbocycles. The fraction of sp³-hybridized carbons (Fsp3) is 0.154. The van der Waals surface area contributed by atoms with E-state index in [1.807, 2.05) is 19.1 Å². The Morgan fingerprint density at radius 2 is 1.28 bits per heavy atom. The first-order valence-electron chi connectivity index (χ1n) is 9.48. The molecule has 0 aliphatic carbocycles. The van der Waals surface area contributed by atoms with Crippen LogP contribution in [0.15, 0.2) is 48.5 Å². The Morgan fingerprint density at radius 1 is 0.688 bits per heavy atom. The summed E-state index contributed by atoms with van der Waals surface area (Å²) in [5.74, 6) is 8.17. The van der Waals surface area contributed by atoms with Gasteiger partial charge in [-0.1, -0.05) is 41.4 Å². The van der Waals surface area contributed by atoms with Crippen LogP contribution in [0.1, 0.15) is 38.9 Å². The van der Waals surface area contributed by atoms with Gasteiger partial charge < -0.3 is 4.74 Å². The van der Waals surface area contributed by atoms with E-state index in [9.17, 15) is 22.0 Å². The monoisotopic (exact) mass is 440 g/mol. The fourth-order valence-electron chi connectivity index (χ4n) is 2.86. The van der Waals surface area contributed by atoms with Gasteiger partial charge in [0.15, 0.2) is 0 Å². The van der Waals surface area contributed by atoms with Crippen molar-refractivity contribution in [1.29, 1.82) is 0 Å². The van der Waals surface area contributed by atoms with E-state index in [0.29, 0.717) is 16.7 Å². The number of hydrogen-bond donors (Lipinski definition) is 0. The van der Waals surface area contributed by atoms with Gasteiger partial charge in [-0.25, -0.2) is 8.78 Å². The number of alkyl halides is 3. The van der Waals surface area contributed by atoms with Crippen LogP contribution in [-0.4, -0.2) is 6.36 Å². The van der Waals surface area contributed by atoms with Gasteiger partial charge in [-0.15, -0.1) is 13.2 Å². The highest BCUT2D eigenvalue weighted by atomic mass is 19.4. The predicted octanol–water partition coefficient (Wildman–Crippen LogP) is 6.59. The number of rotatable bonds is 1. The van der Waals surface area contributed by atoms with Gasteiger partial charge in [0.2, 0.25) is 0 Å². The van der Waals surface area contributed by atoms with E-state index in [2.05, 4.69) is 28.4 Å². The molecule has 0 saturated heterocycles. The lowest BCUT2D eigenvalue weighted by molar-refractivity contribution is -0.274. The number of halogens is 5. The molecule has 0 aliphatic rings. The molecule has 3 rings (SSSR count). The second kappa shape index (κ2) is 9.16. The lowest BCUT2D eigenvalue weighted by Crippen LogP contribution is -2.18. The average molecular weight is 440 g/mol. The minimum absolute atomic E-state index is 0.0126. The van der Waals surface area contributed by atoms with Crippen molar-refractivity contribution in [2.24, 2.45) is 0 Å². The van der Waals surface area contributed by atoms with Crippen molar-refractivity contribution in [3.63, 3.8) is 0 Å². The second-order valence-electron chi connectivity index (χ2n) is 7.18. The maximum atomic E-state index is 14.0. The van der Waals surface area contributed by atoms with Crippen LogP contribution >= 0.6 is 0 Å². The first-order chi connectivity index (χ1) is 15.0. The van der Waals surface area contributed by atoms with Gasteiger partial charge in [0, 0.05) is 11.1 Å². The number of aryl methyl sites for hydroxylation is 3. The third-order valence-corrected chi connectivity index (χ3v) is 4.45. The molecule has 6 heteroatoms. The normalized spacial score (nSPS) is 10.6. The molecular weight excluding hydrogens is 423 g/mol. The highest BCUT2D eigenvalue weighted by Crippen LogP contribution is 2.29. The molecule has 0 aliphatic heterocycles. The van der Waals surface area contributed by atoms with Crippen molar-refractivity contribution < 1.29 is 26.7 Å². The Balaban J connectivity index is 2.06. The van der Waals surface area contributed by atoms with Crippen molar-refractivity contribution in [1.82, 2.24) is 0 Å². The van der Waals surface area contributed by atoms with Gasteiger partial charge in [-0.3, -0.25) is 0 Å². The van der Waals surface area contributed by atoms with Crippen molar-refractivity contribution >= 4 is 0 Å². The molecular formula is C26H17F5O. The van der Waals surface area contributed by atoms with E-state index >= 15 is 0 Å². The molecule has 0 N–H and O–H groups in total. The Labute approximate surface area is 182 Å². The van der Waals surface area contributed by atoms with Crippen LogP contribution in [0.5, 0.6) is 5.75 Å². The van der Waals surface area contributed by atoms with Crippen LogP contribution < -0.4 is 4.74 Å². The number of ether oxygens (including phenoxy) is 1. The topological polar surface area (TPSA) is 9.23 Å². The summed E-state index contributed by atoms with van der Waals surface area (Å²) in [6.45, 7) is 5.05. The van der Waals surface area contributed by atoms with Gasteiger partial charge in [0.05, 0.1) is 11.1 Å². The highest BCUT2D eigenvalue weighted by molar-refractivity contribution is 5.58. The fourth-order valence-corrected chi connectivity index (χ4v) is 2.86. The molecule has 162 valence electrons. The second-order valence-corrected chi connectivity index (χ2v) is 7.18. The van der Waals surface area contributed by atoms with Gasteiger partial charge >= 0.3 is 6.36 Å². The van der Waals surface area contributed by atoms with Crippen LogP contribution in [-0.2, 0) is 0 Å². The Morgan fingerprint density at radius 3 is 1.88 bits per heavy atom. The summed E-state index contributed by atoms with van der Waals surface area (Å²) in [6.07, 6.45) is -4.95. The molecule has 0 atom stereocenters. The maximum Gasteiger partial charge on any atom is 0.573 e. The largest absolute Gasteiger partial charge is 0.573 e. The standard InChI is InChI=1S/C26H17F5O/c1-16-4-6-19(7-5-16)8-9-21-14-18(3)20(15-25(21)32-26(29,30)31)10-11-22-23(27)12-17(2)13-24(22)28/h4-7,12-15H,1-3H3. The van der Waals surface area contributed by atoms with Crippen LogP contribution in [0.4, 0.5) is 22.0 Å². The summed E-state index contributed by atoms with van der Waals surface area (Å²) in [5.41, 5.74) is 2.20. The highest BCUT2D eigenvalue weighted by Gasteiger charge is 2.32. The maximum absolute atomic E-state index is 14.0. The molecule has 0 heterocycles. The van der Waals surface area contributed by atoms with Gasteiger partial charge in [0.25, 0.3) is 0 Å². The SMILES string of the molecule is Cc1ccc(C#Cc2cc(C)c(C#Cc3c(F)cc(C)cc3F)cc2OC(F)(F)F)cc1. The molecule has 0 aromatic heterocycles. The van der Waals surface area contributed by atoms with Crippen LogP contribution in [0, 0.1) is 56.1 Å². The van der Waals surface area contributed by atoms with Gasteiger partial charge in [-0.2, -0.15) is 0 Å². The summed E-state index contributed by atoms with van der Waals surface area (Å²) in [6, 6.07) is 11.9. The van der Waals surface area contributed by atoms with E-state index in [4.69, 9.17) is 0 Å². The van der Waals surface area contributed by atoms with Crippen LogP contribution in [0.3, 0.4) is 0 Å². The zero-order valence-corrected chi connectivity index (χ0v) is 17.4. The van der Waals surface area contributed by atoms with Crippen LogP contribution in [0.25, 0.3) is 0 Å². The Hall–Kier alpha value is -3.77. The van der Waals surface area contributed by atoms with Gasteiger partial charge in [0.1, 0.15) is 17.4 Å². The molecule has 0 amide bonds. The van der Waals surface area contributed by atoms with E-state index in [1.54, 1.807) is 19.1 Å². The Bertz CT molecular complexity index is 1260. The zero-order valence-electron chi connectivity index (χ0n) is 17.4. The predicted molar refractivity (Wildman–Crippen MR) is 112 cm³/mol. The third-order valence-electron chi connectivity index (χ3n) is 4.45. The lowest BCUT2D eigenvalue weighted by Gasteiger charge is -2.12. The summed E-state index contributed by atoms with van der Waals surface area (Å²) < 4.78 is 71.0. The van der Waals surface area contributed by atoms with Gasteiger partial charge in [-0.05, 0) is 68.3 Å². The third kappa shape index (κ3) is 5.89. The quantitative estimate of drug-likeness (QED) is 0.307. The minimum atomic E-state index is -4.95. The molecule has 32 heavy (non-hydrogen) atoms. The molecule has 0 bridgehead atoms. The summed E-state index contributed by atoms with van der Waals surface area (Å²) >= 11 is 0. The van der Waals surface area contributed by atoms with E-state index in [-0.39, 0.29) is 11.1 Å². The first-order valence-corrected chi connectivity index (χ1v) is 9.48. The van der Waals surface area contributed by atoms with E-state index in [1.165, 1.54) is 13.0 Å². The number of benzene rings is 3. The zero-order chi connectivity index (χ0) is 23.5.